The van der Waals surface area contributed by atoms with Gasteiger partial charge >= 0.3 is 11.9 Å². The second-order valence-electron chi connectivity index (χ2n) is 10.1. The van der Waals surface area contributed by atoms with Crippen LogP contribution in [0.1, 0.15) is 47.4 Å². The molecule has 46 heavy (non-hydrogen) atoms. The fourth-order valence-corrected chi connectivity index (χ4v) is 4.70. The van der Waals surface area contributed by atoms with Crippen LogP contribution in [0.25, 0.3) is 0 Å². The standard InChI is InChI=1S/C32H48N2O10.2ClH/c1-11-23(19-43-31(35)21-15-25(37-5)29(41-9)26(16-21)38-6)33(3)13-14-34(4)24(12-2)20-44-32(36)22-17-27(39-7)30(42-10)28(18-22)40-8;;/h15-18,23-24H,11-14,19-20H2,1-10H3;2*1H/t23-,24-;;/m1../s1. The SMILES string of the molecule is CC[C@H](COC(=O)c1cc(OC)c(OC)c(OC)c1)N(C)CCN(C)[C@H](CC)COC(=O)c1cc(OC)c(OC)c(OC)c1.Cl.Cl. The van der Waals surface area contributed by atoms with Crippen LogP contribution in [-0.4, -0.2) is 117 Å². The van der Waals surface area contributed by atoms with Crippen LogP contribution in [0, 0.1) is 0 Å². The third kappa shape index (κ3) is 11.2. The molecule has 0 aromatic heterocycles. The lowest BCUT2D eigenvalue weighted by atomic mass is 10.1. The van der Waals surface area contributed by atoms with Gasteiger partial charge in [0.2, 0.25) is 11.5 Å². The summed E-state index contributed by atoms with van der Waals surface area (Å²) < 4.78 is 43.4. The minimum Gasteiger partial charge on any atom is -0.493 e. The van der Waals surface area contributed by atoms with Crippen molar-refractivity contribution in [2.75, 3.05) is 83.1 Å². The number of carbonyl (C=O) groups is 2. The van der Waals surface area contributed by atoms with E-state index in [1.807, 2.05) is 14.1 Å². The lowest BCUT2D eigenvalue weighted by Gasteiger charge is -2.31. The quantitative estimate of drug-likeness (QED) is 0.184. The first-order valence-electron chi connectivity index (χ1n) is 14.5. The van der Waals surface area contributed by atoms with E-state index in [-0.39, 0.29) is 50.1 Å². The summed E-state index contributed by atoms with van der Waals surface area (Å²) >= 11 is 0. The molecular formula is C32H50Cl2N2O10. The summed E-state index contributed by atoms with van der Waals surface area (Å²) in [6, 6.07) is 6.30. The van der Waals surface area contributed by atoms with Crippen LogP contribution in [0.5, 0.6) is 34.5 Å². The van der Waals surface area contributed by atoms with Gasteiger partial charge in [-0.3, -0.25) is 9.80 Å². The molecule has 12 nitrogen and oxygen atoms in total. The Morgan fingerprint density at radius 3 is 1.07 bits per heavy atom. The van der Waals surface area contributed by atoms with E-state index in [2.05, 4.69) is 23.6 Å². The van der Waals surface area contributed by atoms with E-state index in [0.29, 0.717) is 58.7 Å². The molecule has 0 spiro atoms. The summed E-state index contributed by atoms with van der Waals surface area (Å²) in [6.07, 6.45) is 1.57. The van der Waals surface area contributed by atoms with Gasteiger partial charge in [-0.25, -0.2) is 9.59 Å². The number of ether oxygens (including phenoxy) is 8. The molecule has 0 aliphatic heterocycles. The van der Waals surface area contributed by atoms with Crippen LogP contribution < -0.4 is 28.4 Å². The molecule has 0 aliphatic rings. The molecule has 0 fully saturated rings. The lowest BCUT2D eigenvalue weighted by Crippen LogP contribution is -2.44. The van der Waals surface area contributed by atoms with Gasteiger partial charge in [0, 0.05) is 25.2 Å². The fourth-order valence-electron chi connectivity index (χ4n) is 4.70. The predicted octanol–water partition coefficient (Wildman–Crippen LogP) is 5.02. The monoisotopic (exact) mass is 692 g/mol. The van der Waals surface area contributed by atoms with Crippen molar-refractivity contribution < 1.29 is 47.5 Å². The summed E-state index contributed by atoms with van der Waals surface area (Å²) in [5, 5.41) is 0. The van der Waals surface area contributed by atoms with E-state index in [1.165, 1.54) is 42.7 Å². The van der Waals surface area contributed by atoms with Crippen molar-refractivity contribution >= 4 is 36.8 Å². The van der Waals surface area contributed by atoms with Crippen LogP contribution in [0.15, 0.2) is 24.3 Å². The van der Waals surface area contributed by atoms with Gasteiger partial charge in [0.15, 0.2) is 23.0 Å². The number of halogens is 2. The van der Waals surface area contributed by atoms with Crippen LogP contribution >= 0.6 is 24.8 Å². The van der Waals surface area contributed by atoms with E-state index >= 15 is 0 Å². The number of likely N-dealkylation sites (N-methyl/N-ethyl adjacent to an activating group) is 2. The maximum atomic E-state index is 12.9. The number of esters is 2. The average molecular weight is 694 g/mol. The van der Waals surface area contributed by atoms with Crippen molar-refractivity contribution in [2.24, 2.45) is 0 Å². The summed E-state index contributed by atoms with van der Waals surface area (Å²) in [7, 11) is 13.0. The van der Waals surface area contributed by atoms with Gasteiger partial charge in [-0.15, -0.1) is 24.8 Å². The van der Waals surface area contributed by atoms with Crippen molar-refractivity contribution in [3.05, 3.63) is 35.4 Å². The van der Waals surface area contributed by atoms with Crippen LogP contribution in [-0.2, 0) is 9.47 Å². The Bertz CT molecular complexity index is 1090. The fraction of sp³-hybridized carbons (Fsp3) is 0.562. The minimum atomic E-state index is -0.479. The summed E-state index contributed by atoms with van der Waals surface area (Å²) in [6.45, 7) is 5.97. The first-order valence-corrected chi connectivity index (χ1v) is 14.5. The number of hydrogen-bond donors (Lipinski definition) is 0. The van der Waals surface area contributed by atoms with Crippen molar-refractivity contribution in [1.29, 1.82) is 0 Å². The van der Waals surface area contributed by atoms with Gasteiger partial charge in [-0.1, -0.05) is 13.8 Å². The average Bonchev–Trinajstić information content (AvgIpc) is 3.05. The number of hydrogen-bond acceptors (Lipinski definition) is 12. The van der Waals surface area contributed by atoms with Gasteiger partial charge < -0.3 is 37.9 Å². The highest BCUT2D eigenvalue weighted by molar-refractivity contribution is 5.92. The normalized spacial score (nSPS) is 11.8. The van der Waals surface area contributed by atoms with Gasteiger partial charge in [0.05, 0.1) is 53.8 Å². The van der Waals surface area contributed by atoms with E-state index in [9.17, 15) is 9.59 Å². The van der Waals surface area contributed by atoms with Crippen LogP contribution in [0.3, 0.4) is 0 Å². The third-order valence-corrected chi connectivity index (χ3v) is 7.61. The zero-order valence-electron chi connectivity index (χ0n) is 28.5. The van der Waals surface area contributed by atoms with E-state index < -0.39 is 11.9 Å². The molecule has 14 heteroatoms. The minimum absolute atomic E-state index is 0. The van der Waals surface area contributed by atoms with Crippen molar-refractivity contribution in [3.8, 4) is 34.5 Å². The smallest absolute Gasteiger partial charge is 0.338 e. The molecule has 0 amide bonds. The maximum Gasteiger partial charge on any atom is 0.338 e. The van der Waals surface area contributed by atoms with Crippen molar-refractivity contribution in [3.63, 3.8) is 0 Å². The van der Waals surface area contributed by atoms with Gasteiger partial charge in [0.25, 0.3) is 0 Å². The second-order valence-corrected chi connectivity index (χ2v) is 10.1. The van der Waals surface area contributed by atoms with Crippen molar-refractivity contribution in [1.82, 2.24) is 9.80 Å². The number of rotatable bonds is 19. The summed E-state index contributed by atoms with van der Waals surface area (Å²) in [5.41, 5.74) is 0.618. The Morgan fingerprint density at radius 1 is 0.565 bits per heavy atom. The maximum absolute atomic E-state index is 12.9. The zero-order chi connectivity index (χ0) is 32.8. The molecule has 0 N–H and O–H groups in total. The largest absolute Gasteiger partial charge is 0.493 e. The Labute approximate surface area is 285 Å². The number of benzene rings is 2. The Morgan fingerprint density at radius 2 is 0.848 bits per heavy atom. The predicted molar refractivity (Wildman–Crippen MR) is 181 cm³/mol. The van der Waals surface area contributed by atoms with Gasteiger partial charge in [0.1, 0.15) is 13.2 Å². The Kier molecular flexibility index (Phi) is 19.9. The first-order chi connectivity index (χ1) is 21.1. The Balaban J connectivity index is 0.0000101. The van der Waals surface area contributed by atoms with Gasteiger partial charge in [-0.05, 0) is 51.2 Å². The molecule has 262 valence electrons. The molecule has 0 saturated heterocycles. The first kappa shape index (κ1) is 42.7. The molecule has 2 atom stereocenters. The van der Waals surface area contributed by atoms with Crippen molar-refractivity contribution in [2.45, 2.75) is 38.8 Å². The third-order valence-electron chi connectivity index (χ3n) is 7.61. The number of carbonyl (C=O) groups excluding carboxylic acids is 2. The molecule has 2 aromatic rings. The number of methoxy groups -OCH3 is 6. The second kappa shape index (κ2) is 21.5. The molecule has 2 aromatic carbocycles. The molecule has 0 aliphatic carbocycles. The van der Waals surface area contributed by atoms with Gasteiger partial charge in [-0.2, -0.15) is 0 Å². The summed E-state index contributed by atoms with van der Waals surface area (Å²) in [4.78, 5) is 30.1. The highest BCUT2D eigenvalue weighted by Crippen LogP contribution is 2.39. The molecule has 2 rings (SSSR count). The van der Waals surface area contributed by atoms with E-state index in [0.717, 1.165) is 12.8 Å². The van der Waals surface area contributed by atoms with E-state index in [1.54, 1.807) is 24.3 Å². The lowest BCUT2D eigenvalue weighted by molar-refractivity contribution is 0.0303. The molecule has 0 saturated carbocycles. The van der Waals surface area contributed by atoms with E-state index in [4.69, 9.17) is 37.9 Å². The molecule has 0 heterocycles. The molecule has 0 radical (unpaired) electrons. The summed E-state index contributed by atoms with van der Waals surface area (Å²) in [5.74, 6) is 1.38. The topological polar surface area (TPSA) is 114 Å². The van der Waals surface area contributed by atoms with Crippen LogP contribution in [0.4, 0.5) is 0 Å². The number of nitrogens with zero attached hydrogens (tertiary/aromatic N) is 2. The van der Waals surface area contributed by atoms with Crippen LogP contribution in [0.2, 0.25) is 0 Å². The molecule has 0 unspecified atom stereocenters. The highest BCUT2D eigenvalue weighted by atomic mass is 35.5. The molecule has 0 bridgehead atoms. The Hall–Kier alpha value is -3.32. The molecular weight excluding hydrogens is 643 g/mol. The highest BCUT2D eigenvalue weighted by Gasteiger charge is 2.23. The zero-order valence-corrected chi connectivity index (χ0v) is 30.1.